The van der Waals surface area contributed by atoms with Crippen LogP contribution in [0.2, 0.25) is 0 Å². The number of aromatic hydroxyl groups is 2. The Morgan fingerprint density at radius 3 is 1.10 bits per heavy atom. The van der Waals surface area contributed by atoms with E-state index in [0.29, 0.717) is 0 Å². The first-order valence-electron chi connectivity index (χ1n) is 14.4. The summed E-state index contributed by atoms with van der Waals surface area (Å²) in [5.41, 5.74) is -12.7. The van der Waals surface area contributed by atoms with E-state index in [0.717, 1.165) is 40.2 Å². The van der Waals surface area contributed by atoms with Gasteiger partial charge in [0.25, 0.3) is 0 Å². The van der Waals surface area contributed by atoms with Gasteiger partial charge >= 0.3 is 0 Å². The highest BCUT2D eigenvalue weighted by Crippen LogP contribution is 2.54. The van der Waals surface area contributed by atoms with Crippen LogP contribution in [-0.2, 0) is 0 Å². The average molecular weight is 671 g/mol. The van der Waals surface area contributed by atoms with Crippen LogP contribution in [0.25, 0.3) is 11.1 Å². The minimum atomic E-state index is -2.58. The molecule has 0 aliphatic heterocycles. The van der Waals surface area contributed by atoms with E-state index >= 15 is 0 Å². The van der Waals surface area contributed by atoms with E-state index in [1.165, 1.54) is 0 Å². The topological polar surface area (TPSA) is 289 Å². The molecule has 8 atom stereocenters. The number of ketones is 4. The van der Waals surface area contributed by atoms with Crippen LogP contribution in [0.15, 0.2) is 34.4 Å². The van der Waals surface area contributed by atoms with E-state index in [1.807, 2.05) is 0 Å². The van der Waals surface area contributed by atoms with E-state index in [-0.39, 0.29) is 0 Å². The number of rotatable bonds is 3. The van der Waals surface area contributed by atoms with E-state index in [9.17, 15) is 70.2 Å². The lowest BCUT2D eigenvalue weighted by atomic mass is 9.65. The number of phenolic OH excluding ortho intramolecular Hbond substituents is 2. The van der Waals surface area contributed by atoms with Gasteiger partial charge in [0, 0.05) is 56.7 Å². The number of fused-ring (bicyclic) bond motifs is 2. The van der Waals surface area contributed by atoms with Crippen molar-refractivity contribution in [1.29, 1.82) is 0 Å². The molecule has 0 heterocycles. The van der Waals surface area contributed by atoms with Gasteiger partial charge in [0.2, 0.25) is 0 Å². The van der Waals surface area contributed by atoms with Gasteiger partial charge in [0.1, 0.15) is 70.8 Å². The van der Waals surface area contributed by atoms with E-state index < -0.39 is 150 Å². The van der Waals surface area contributed by atoms with Gasteiger partial charge in [-0.05, 0) is 13.8 Å². The fraction of sp³-hybridized carbons (Fsp3) is 0.375. The molecule has 48 heavy (non-hydrogen) atoms. The zero-order valence-corrected chi connectivity index (χ0v) is 25.5. The normalized spacial score (nSPS) is 32.9. The largest absolute Gasteiger partial charge is 0.507 e. The second-order valence-corrected chi connectivity index (χ2v) is 12.5. The van der Waals surface area contributed by atoms with E-state index in [4.69, 9.17) is 9.47 Å². The number of Topliss-reactive ketones (excluding diaryl/α,β-unsaturated/α-hetero) is 4. The molecule has 16 nitrogen and oxygen atoms in total. The molecule has 0 saturated carbocycles. The molecule has 0 spiro atoms. The third kappa shape index (κ3) is 3.93. The van der Waals surface area contributed by atoms with Crippen LogP contribution in [0, 0.1) is 0 Å². The number of methoxy groups -OCH3 is 2. The smallest absolute Gasteiger partial charge is 0.196 e. The molecule has 10 N–H and O–H groups in total. The van der Waals surface area contributed by atoms with Gasteiger partial charge in [-0.3, -0.25) is 19.2 Å². The van der Waals surface area contributed by atoms with Crippen molar-refractivity contribution < 1.29 is 79.7 Å². The number of aliphatic hydroxyl groups is 8. The predicted octanol–water partition coefficient (Wildman–Crippen LogP) is -2.17. The quantitative estimate of drug-likeness (QED) is 0.166. The maximum Gasteiger partial charge on any atom is 0.196 e. The SMILES string of the molecule is COc1cc(O)c2c(c1-c1c(OC)cc(O)c3c1C(=O)C1=C(C3=O)[C@@H](O)[C@H](O)[C@](C)(O)[C@H]1O)C(=O)C1=C(C2=O)[C@H](O)[C@@H](O)[C@@](C)(O)[C@@H]1O. The first kappa shape index (κ1) is 33.4. The van der Waals surface area contributed by atoms with Gasteiger partial charge in [-0.15, -0.1) is 0 Å². The molecule has 2 aromatic carbocycles. The van der Waals surface area contributed by atoms with Crippen molar-refractivity contribution in [3.63, 3.8) is 0 Å². The Morgan fingerprint density at radius 1 is 0.521 bits per heavy atom. The van der Waals surface area contributed by atoms with Gasteiger partial charge in [0.15, 0.2) is 23.1 Å². The standard InChI is InChI=1S/C32H30O16/c1-31(45)27(41)19-17(25(39)29(31)43)21(35)11-7(33)5-9(47-3)13(15(11)23(19)37)14-10(48-4)6-8(34)12-16(14)24(38)20-18(22(12)36)26(40)30(44)32(2,46)28(20)42/h5-6,25-30,33-34,39-46H,1-4H3/t25-,26+,27+,28-,29+,30-,31-,32+. The van der Waals surface area contributed by atoms with Crippen LogP contribution in [-0.4, -0.2) is 136 Å². The lowest BCUT2D eigenvalue weighted by Crippen LogP contribution is -2.62. The highest BCUT2D eigenvalue weighted by molar-refractivity contribution is 6.34. The number of aliphatic hydroxyl groups excluding tert-OH is 6. The maximum atomic E-state index is 14.4. The van der Waals surface area contributed by atoms with Gasteiger partial charge in [-0.2, -0.15) is 0 Å². The Kier molecular flexibility index (Phi) is 7.29. The molecule has 0 aromatic heterocycles. The fourth-order valence-electron chi connectivity index (χ4n) is 7.04. The van der Waals surface area contributed by atoms with Crippen molar-refractivity contribution in [1.82, 2.24) is 0 Å². The predicted molar refractivity (Wildman–Crippen MR) is 157 cm³/mol. The number of carbonyl (C=O) groups excluding carboxylic acids is 4. The molecule has 254 valence electrons. The molecule has 0 bridgehead atoms. The Bertz CT molecular complexity index is 1810. The second kappa shape index (κ2) is 10.5. The molecule has 0 saturated heterocycles. The number of hydrogen-bond donors (Lipinski definition) is 10. The van der Waals surface area contributed by atoms with Crippen LogP contribution in [0.5, 0.6) is 23.0 Å². The summed E-state index contributed by atoms with van der Waals surface area (Å²) in [6, 6.07) is 1.70. The summed E-state index contributed by atoms with van der Waals surface area (Å²) in [4.78, 5) is 56.5. The highest BCUT2D eigenvalue weighted by atomic mass is 16.5. The van der Waals surface area contributed by atoms with Crippen molar-refractivity contribution in [2.75, 3.05) is 14.2 Å². The number of benzene rings is 2. The Morgan fingerprint density at radius 2 is 0.812 bits per heavy atom. The third-order valence-corrected chi connectivity index (χ3v) is 9.74. The molecule has 4 aliphatic carbocycles. The minimum Gasteiger partial charge on any atom is -0.507 e. The van der Waals surface area contributed by atoms with Crippen LogP contribution >= 0.6 is 0 Å². The number of phenols is 2. The van der Waals surface area contributed by atoms with Gasteiger partial charge in [-0.1, -0.05) is 0 Å². The van der Waals surface area contributed by atoms with Crippen molar-refractivity contribution in [3.05, 3.63) is 56.7 Å². The maximum absolute atomic E-state index is 14.4. The number of ether oxygens (including phenoxy) is 2. The summed E-state index contributed by atoms with van der Waals surface area (Å²) in [7, 11) is 2.13. The summed E-state index contributed by atoms with van der Waals surface area (Å²) in [6.45, 7) is 1.80. The van der Waals surface area contributed by atoms with Gasteiger partial charge < -0.3 is 60.5 Å². The lowest BCUT2D eigenvalue weighted by molar-refractivity contribution is -0.158. The van der Waals surface area contributed by atoms with E-state index in [1.54, 1.807) is 0 Å². The second-order valence-electron chi connectivity index (χ2n) is 12.5. The van der Waals surface area contributed by atoms with Crippen molar-refractivity contribution in [2.24, 2.45) is 0 Å². The lowest BCUT2D eigenvalue weighted by Gasteiger charge is -2.44. The molecule has 0 radical (unpaired) electrons. The molecule has 16 heteroatoms. The third-order valence-electron chi connectivity index (χ3n) is 9.74. The van der Waals surface area contributed by atoms with Crippen molar-refractivity contribution >= 4 is 23.1 Å². The summed E-state index contributed by atoms with van der Waals surface area (Å²) in [5, 5.41) is 108. The summed E-state index contributed by atoms with van der Waals surface area (Å²) in [5.74, 6) is -7.77. The first-order valence-corrected chi connectivity index (χ1v) is 14.4. The van der Waals surface area contributed by atoms with Crippen molar-refractivity contribution in [3.8, 4) is 34.1 Å². The van der Waals surface area contributed by atoms with Crippen molar-refractivity contribution in [2.45, 2.75) is 61.7 Å². The molecular formula is C32H30O16. The van der Waals surface area contributed by atoms with Crippen LogP contribution in [0.1, 0.15) is 55.3 Å². The molecule has 6 rings (SSSR count). The number of hydrogen-bond acceptors (Lipinski definition) is 16. The van der Waals surface area contributed by atoms with Crippen LogP contribution in [0.3, 0.4) is 0 Å². The molecule has 0 unspecified atom stereocenters. The first-order chi connectivity index (χ1) is 22.3. The Labute approximate surface area is 269 Å². The van der Waals surface area contributed by atoms with Crippen LogP contribution in [0.4, 0.5) is 0 Å². The summed E-state index contributed by atoms with van der Waals surface area (Å²) < 4.78 is 10.8. The monoisotopic (exact) mass is 670 g/mol. The Balaban J connectivity index is 1.74. The molecule has 0 fully saturated rings. The summed E-state index contributed by atoms with van der Waals surface area (Å²) >= 11 is 0. The molecular weight excluding hydrogens is 640 g/mol. The van der Waals surface area contributed by atoms with Gasteiger partial charge in [0.05, 0.1) is 25.3 Å². The number of carbonyl (C=O) groups is 4. The molecule has 2 aromatic rings. The average Bonchev–Trinajstić information content (AvgIpc) is 3.03. The summed E-state index contributed by atoms with van der Waals surface area (Å²) in [6.07, 6.45) is -13.3. The highest BCUT2D eigenvalue weighted by Gasteiger charge is 2.58. The Hall–Kier alpha value is -4.52. The fourth-order valence-corrected chi connectivity index (χ4v) is 7.04. The zero-order valence-electron chi connectivity index (χ0n) is 25.5. The molecule has 4 aliphatic rings. The minimum absolute atomic E-state index is 0.438. The molecule has 0 amide bonds. The van der Waals surface area contributed by atoms with Crippen LogP contribution < -0.4 is 9.47 Å². The van der Waals surface area contributed by atoms with E-state index in [2.05, 4.69) is 0 Å². The zero-order chi connectivity index (χ0) is 35.7. The van der Waals surface area contributed by atoms with Gasteiger partial charge in [-0.25, -0.2) is 0 Å².